The summed E-state index contributed by atoms with van der Waals surface area (Å²) in [4.78, 5) is 26.1. The zero-order valence-corrected chi connectivity index (χ0v) is 15.7. The molecule has 27 heavy (non-hydrogen) atoms. The van der Waals surface area contributed by atoms with Crippen LogP contribution in [0.4, 0.5) is 5.69 Å². The van der Waals surface area contributed by atoms with Gasteiger partial charge in [-0.1, -0.05) is 12.1 Å². The van der Waals surface area contributed by atoms with Gasteiger partial charge in [-0.15, -0.1) is 0 Å². The summed E-state index contributed by atoms with van der Waals surface area (Å²) in [6.45, 7) is 4.88. The Labute approximate surface area is 159 Å². The maximum Gasteiger partial charge on any atom is 0.251 e. The molecule has 2 aromatic rings. The van der Waals surface area contributed by atoms with Crippen molar-refractivity contribution < 1.29 is 14.3 Å². The summed E-state index contributed by atoms with van der Waals surface area (Å²) in [5, 5.41) is 3.14. The molecule has 1 heterocycles. The highest BCUT2D eigenvalue weighted by atomic mass is 16.5. The van der Waals surface area contributed by atoms with Gasteiger partial charge in [-0.05, 0) is 61.2 Å². The Bertz CT molecular complexity index is 893. The minimum absolute atomic E-state index is 0.0426. The smallest absolute Gasteiger partial charge is 0.251 e. The topological polar surface area (TPSA) is 58.6 Å². The Kier molecular flexibility index (Phi) is 4.60. The van der Waals surface area contributed by atoms with Crippen molar-refractivity contribution in [1.82, 2.24) is 5.32 Å². The second kappa shape index (κ2) is 7.06. The van der Waals surface area contributed by atoms with E-state index in [1.165, 1.54) is 5.56 Å². The predicted octanol–water partition coefficient (Wildman–Crippen LogP) is 3.28. The van der Waals surface area contributed by atoms with Crippen LogP contribution in [-0.2, 0) is 11.2 Å². The lowest BCUT2D eigenvalue weighted by Gasteiger charge is -2.14. The third-order valence-electron chi connectivity index (χ3n) is 5.32. The molecular formula is C22H24N2O3. The SMILES string of the molecule is CCOc1cccc([C@H]2C[C@H]2NC(=O)c2ccc3c(c2)CCN3C(C)=O)c1. The van der Waals surface area contributed by atoms with E-state index >= 15 is 0 Å². The van der Waals surface area contributed by atoms with E-state index in [9.17, 15) is 9.59 Å². The van der Waals surface area contributed by atoms with Gasteiger partial charge in [0.15, 0.2) is 0 Å². The fourth-order valence-corrected chi connectivity index (χ4v) is 3.85. The molecule has 4 rings (SSSR count). The lowest BCUT2D eigenvalue weighted by molar-refractivity contribution is -0.116. The highest BCUT2D eigenvalue weighted by molar-refractivity contribution is 5.98. The van der Waals surface area contributed by atoms with Crippen molar-refractivity contribution in [2.75, 3.05) is 18.1 Å². The molecule has 2 aliphatic rings. The summed E-state index contributed by atoms with van der Waals surface area (Å²) in [7, 11) is 0. The molecule has 2 aromatic carbocycles. The molecule has 1 aliphatic heterocycles. The van der Waals surface area contributed by atoms with E-state index < -0.39 is 0 Å². The third-order valence-corrected chi connectivity index (χ3v) is 5.32. The normalized spacial score (nSPS) is 20.1. The molecule has 0 unspecified atom stereocenters. The molecule has 5 nitrogen and oxygen atoms in total. The minimum Gasteiger partial charge on any atom is -0.494 e. The Hall–Kier alpha value is -2.82. The zero-order chi connectivity index (χ0) is 19.0. The number of anilines is 1. The van der Waals surface area contributed by atoms with E-state index in [1.54, 1.807) is 11.8 Å². The van der Waals surface area contributed by atoms with Crippen LogP contribution in [0.2, 0.25) is 0 Å². The molecule has 2 amide bonds. The number of hydrogen-bond donors (Lipinski definition) is 1. The van der Waals surface area contributed by atoms with Gasteiger partial charge in [0.25, 0.3) is 5.91 Å². The van der Waals surface area contributed by atoms with Gasteiger partial charge in [-0.25, -0.2) is 0 Å². The van der Waals surface area contributed by atoms with Gasteiger partial charge in [-0.3, -0.25) is 9.59 Å². The molecular weight excluding hydrogens is 340 g/mol. The second-order valence-corrected chi connectivity index (χ2v) is 7.19. The predicted molar refractivity (Wildman–Crippen MR) is 104 cm³/mol. The fourth-order valence-electron chi connectivity index (χ4n) is 3.85. The molecule has 140 valence electrons. The maximum atomic E-state index is 12.6. The molecule has 0 saturated heterocycles. The quantitative estimate of drug-likeness (QED) is 0.886. The minimum atomic E-state index is -0.0486. The number of ether oxygens (including phenoxy) is 1. The number of carbonyl (C=O) groups is 2. The van der Waals surface area contributed by atoms with Gasteiger partial charge >= 0.3 is 0 Å². The van der Waals surface area contributed by atoms with Crippen molar-refractivity contribution in [3.05, 3.63) is 59.2 Å². The van der Waals surface area contributed by atoms with Crippen LogP contribution in [0.5, 0.6) is 5.75 Å². The van der Waals surface area contributed by atoms with Gasteiger partial charge in [0.05, 0.1) is 6.61 Å². The van der Waals surface area contributed by atoms with E-state index in [2.05, 4.69) is 17.4 Å². The molecule has 1 saturated carbocycles. The maximum absolute atomic E-state index is 12.6. The second-order valence-electron chi connectivity index (χ2n) is 7.19. The van der Waals surface area contributed by atoms with Crippen LogP contribution in [0.15, 0.2) is 42.5 Å². The highest BCUT2D eigenvalue weighted by Gasteiger charge is 2.39. The van der Waals surface area contributed by atoms with E-state index in [0.717, 1.165) is 29.8 Å². The molecule has 1 N–H and O–H groups in total. The van der Waals surface area contributed by atoms with Crippen LogP contribution < -0.4 is 15.0 Å². The first-order valence-corrected chi connectivity index (χ1v) is 9.51. The van der Waals surface area contributed by atoms with E-state index in [1.807, 2.05) is 37.3 Å². The molecule has 5 heteroatoms. The van der Waals surface area contributed by atoms with Gasteiger partial charge in [-0.2, -0.15) is 0 Å². The number of rotatable bonds is 5. The number of benzene rings is 2. The number of amides is 2. The standard InChI is InChI=1S/C22H24N2O3/c1-3-27-18-6-4-5-15(12-18)19-13-20(19)23-22(26)17-7-8-21-16(11-17)9-10-24(21)14(2)25/h4-8,11-12,19-20H,3,9-10,13H2,1-2H3,(H,23,26)/t19-,20-/m1/s1. The van der Waals surface area contributed by atoms with Crippen molar-refractivity contribution in [2.45, 2.75) is 38.6 Å². The van der Waals surface area contributed by atoms with Crippen molar-refractivity contribution in [3.63, 3.8) is 0 Å². The third kappa shape index (κ3) is 3.54. The molecule has 1 aliphatic carbocycles. The van der Waals surface area contributed by atoms with Crippen molar-refractivity contribution in [1.29, 1.82) is 0 Å². The van der Waals surface area contributed by atoms with Crippen molar-refractivity contribution in [2.24, 2.45) is 0 Å². The molecule has 0 bridgehead atoms. The van der Waals surface area contributed by atoms with E-state index in [-0.39, 0.29) is 17.9 Å². The largest absolute Gasteiger partial charge is 0.494 e. The Morgan fingerprint density at radius 3 is 2.85 bits per heavy atom. The van der Waals surface area contributed by atoms with Crippen LogP contribution in [-0.4, -0.2) is 31.0 Å². The van der Waals surface area contributed by atoms with E-state index in [0.29, 0.717) is 24.6 Å². The first kappa shape index (κ1) is 17.6. The lowest BCUT2D eigenvalue weighted by Crippen LogP contribution is -2.27. The van der Waals surface area contributed by atoms with Gasteiger partial charge in [0.2, 0.25) is 5.91 Å². The summed E-state index contributed by atoms with van der Waals surface area (Å²) in [6, 6.07) is 13.9. The number of hydrogen-bond acceptors (Lipinski definition) is 3. The molecule has 0 radical (unpaired) electrons. The summed E-state index contributed by atoms with van der Waals surface area (Å²) in [6.07, 6.45) is 1.75. The fraction of sp³-hybridized carbons (Fsp3) is 0.364. The summed E-state index contributed by atoms with van der Waals surface area (Å²) in [5.74, 6) is 1.21. The van der Waals surface area contributed by atoms with Crippen molar-refractivity contribution in [3.8, 4) is 5.75 Å². The highest BCUT2D eigenvalue weighted by Crippen LogP contribution is 2.42. The number of nitrogens with zero attached hydrogens (tertiary/aromatic N) is 1. The van der Waals surface area contributed by atoms with Crippen LogP contribution >= 0.6 is 0 Å². The van der Waals surface area contributed by atoms with Gasteiger partial charge in [0.1, 0.15) is 5.75 Å². The van der Waals surface area contributed by atoms with Crippen LogP contribution in [0.25, 0.3) is 0 Å². The van der Waals surface area contributed by atoms with Crippen LogP contribution in [0.1, 0.15) is 47.7 Å². The zero-order valence-electron chi connectivity index (χ0n) is 15.7. The number of fused-ring (bicyclic) bond motifs is 1. The summed E-state index contributed by atoms with van der Waals surface area (Å²) < 4.78 is 5.56. The summed E-state index contributed by atoms with van der Waals surface area (Å²) >= 11 is 0. The number of nitrogens with one attached hydrogen (secondary N) is 1. The molecule has 1 fully saturated rings. The molecule has 0 spiro atoms. The van der Waals surface area contributed by atoms with Crippen LogP contribution in [0, 0.1) is 0 Å². The average Bonchev–Trinajstić information content (AvgIpc) is 3.28. The van der Waals surface area contributed by atoms with E-state index in [4.69, 9.17) is 4.74 Å². The average molecular weight is 364 g/mol. The monoisotopic (exact) mass is 364 g/mol. The first-order valence-electron chi connectivity index (χ1n) is 9.51. The lowest BCUT2D eigenvalue weighted by atomic mass is 10.1. The summed E-state index contributed by atoms with van der Waals surface area (Å²) in [5.41, 5.74) is 3.86. The molecule has 2 atom stereocenters. The number of carbonyl (C=O) groups excluding carboxylic acids is 2. The van der Waals surface area contributed by atoms with Gasteiger partial charge in [0, 0.05) is 36.7 Å². The molecule has 0 aromatic heterocycles. The Morgan fingerprint density at radius 1 is 1.22 bits per heavy atom. The Morgan fingerprint density at radius 2 is 2.07 bits per heavy atom. The van der Waals surface area contributed by atoms with Crippen molar-refractivity contribution >= 4 is 17.5 Å². The Balaban J connectivity index is 1.41. The first-order chi connectivity index (χ1) is 13.1. The van der Waals surface area contributed by atoms with Crippen LogP contribution in [0.3, 0.4) is 0 Å². The van der Waals surface area contributed by atoms with Gasteiger partial charge < -0.3 is 15.0 Å².